The Morgan fingerprint density at radius 1 is 1.05 bits per heavy atom. The molecule has 0 aromatic heterocycles. The third kappa shape index (κ3) is 4.73. The Morgan fingerprint density at radius 2 is 1.73 bits per heavy atom. The minimum Gasteiger partial charge on any atom is -0.378 e. The molecule has 5 aliphatic rings. The molecule has 3 saturated carbocycles. The molecule has 1 aliphatic heterocycles. The number of hydrogen-bond donors (Lipinski definition) is 0. The van der Waals surface area contributed by atoms with Gasteiger partial charge in [-0.3, -0.25) is 14.4 Å². The van der Waals surface area contributed by atoms with Gasteiger partial charge >= 0.3 is 0 Å². The van der Waals surface area contributed by atoms with Gasteiger partial charge in [-0.1, -0.05) is 54.5 Å². The highest BCUT2D eigenvalue weighted by Crippen LogP contribution is 2.69. The van der Waals surface area contributed by atoms with Crippen LogP contribution in [0.3, 0.4) is 0 Å². The van der Waals surface area contributed by atoms with Crippen LogP contribution in [0.1, 0.15) is 106 Å². The molecule has 8 atom stereocenters. The Bertz CT molecular complexity index is 1180. The summed E-state index contributed by atoms with van der Waals surface area (Å²) in [6.45, 7) is 18.4. The predicted octanol–water partition coefficient (Wildman–Crippen LogP) is 6.53. The maximum atomic E-state index is 14.4. The van der Waals surface area contributed by atoms with Gasteiger partial charge in [0.05, 0.1) is 24.2 Å². The first kappa shape index (κ1) is 30.5. The quantitative estimate of drug-likeness (QED) is 0.387. The molecule has 0 bridgehead atoms. The lowest BCUT2D eigenvalue weighted by Crippen LogP contribution is -2.61. The van der Waals surface area contributed by atoms with E-state index in [0.29, 0.717) is 50.8 Å². The first-order valence-electron chi connectivity index (χ1n) is 16.2. The summed E-state index contributed by atoms with van der Waals surface area (Å²) in [6, 6.07) is 2.19. The number of carbonyl (C=O) groups is 3. The van der Waals surface area contributed by atoms with Gasteiger partial charge in [0.2, 0.25) is 5.91 Å². The van der Waals surface area contributed by atoms with Crippen LogP contribution in [0, 0.1) is 62.1 Å². The van der Waals surface area contributed by atoms with Gasteiger partial charge in [-0.05, 0) is 84.4 Å². The summed E-state index contributed by atoms with van der Waals surface area (Å²) in [5.74, 6) is 0.845. The predicted molar refractivity (Wildman–Crippen MR) is 159 cm³/mol. The van der Waals surface area contributed by atoms with Gasteiger partial charge in [-0.25, -0.2) is 0 Å². The Kier molecular flexibility index (Phi) is 7.67. The minimum absolute atomic E-state index is 0.0405. The Hall–Kier alpha value is -2.00. The van der Waals surface area contributed by atoms with Crippen molar-refractivity contribution in [1.29, 1.82) is 5.26 Å². The van der Waals surface area contributed by atoms with Crippen LogP contribution in [0.15, 0.2) is 11.6 Å². The fourth-order valence-electron chi connectivity index (χ4n) is 10.6. The molecule has 1 heterocycles. The molecular formula is C35H52N2O4. The second-order valence-corrected chi connectivity index (χ2v) is 16.1. The molecule has 1 saturated heterocycles. The van der Waals surface area contributed by atoms with Crippen LogP contribution < -0.4 is 0 Å². The number of fused-ring (bicyclic) bond motifs is 3. The number of nitrogens with zero attached hydrogens (tertiary/aromatic N) is 2. The monoisotopic (exact) mass is 564 g/mol. The van der Waals surface area contributed by atoms with Crippen molar-refractivity contribution >= 4 is 17.5 Å². The number of amides is 1. The van der Waals surface area contributed by atoms with E-state index < -0.39 is 5.41 Å². The highest BCUT2D eigenvalue weighted by atomic mass is 16.5. The average Bonchev–Trinajstić information content (AvgIpc) is 2.92. The van der Waals surface area contributed by atoms with E-state index in [1.165, 1.54) is 0 Å². The SMILES string of the molecule is CC1CC(C)(C)CC[C@@]1(CC[C@]1(C)CC(=O)C[C@@H]2[C@@]3(C)C=C(C#N)C(=O)[C@@H](C)[C@@H]3CC[C@]21C)C(=O)N1CCOCC1. The van der Waals surface area contributed by atoms with Gasteiger partial charge in [0, 0.05) is 31.8 Å². The number of Topliss-reactive ketones (excluding diaryl/α,β-unsaturated/α-hetero) is 2. The molecule has 4 aliphatic carbocycles. The van der Waals surface area contributed by atoms with Crippen LogP contribution in [-0.4, -0.2) is 48.7 Å². The van der Waals surface area contributed by atoms with Crippen LogP contribution in [0.2, 0.25) is 0 Å². The average molecular weight is 565 g/mol. The van der Waals surface area contributed by atoms with Crippen molar-refractivity contribution in [3.8, 4) is 6.07 Å². The number of ether oxygens (including phenoxy) is 1. The first-order valence-corrected chi connectivity index (χ1v) is 16.2. The summed E-state index contributed by atoms with van der Waals surface area (Å²) in [5, 5.41) is 9.83. The zero-order chi connectivity index (χ0) is 30.0. The Labute approximate surface area is 247 Å². The van der Waals surface area contributed by atoms with Gasteiger partial charge in [-0.2, -0.15) is 5.26 Å². The summed E-state index contributed by atoms with van der Waals surface area (Å²) in [5.41, 5.74) is -0.659. The third-order valence-electron chi connectivity index (χ3n) is 13.4. The summed E-state index contributed by atoms with van der Waals surface area (Å²) >= 11 is 0. The van der Waals surface area contributed by atoms with Crippen LogP contribution in [-0.2, 0) is 19.1 Å². The molecule has 6 nitrogen and oxygen atoms in total. The van der Waals surface area contributed by atoms with Crippen molar-refractivity contribution in [1.82, 2.24) is 4.90 Å². The molecule has 4 fully saturated rings. The molecular weight excluding hydrogens is 512 g/mol. The summed E-state index contributed by atoms with van der Waals surface area (Å²) in [4.78, 5) is 43.0. The van der Waals surface area contributed by atoms with Crippen molar-refractivity contribution in [2.45, 2.75) is 106 Å². The highest BCUT2D eigenvalue weighted by Gasteiger charge is 2.64. The van der Waals surface area contributed by atoms with Crippen LogP contribution in [0.25, 0.3) is 0 Å². The van der Waals surface area contributed by atoms with Gasteiger partial charge in [-0.15, -0.1) is 0 Å². The minimum atomic E-state index is -0.414. The molecule has 41 heavy (non-hydrogen) atoms. The Balaban J connectivity index is 1.49. The zero-order valence-corrected chi connectivity index (χ0v) is 26.6. The molecule has 1 unspecified atom stereocenters. The summed E-state index contributed by atoms with van der Waals surface area (Å²) in [6.07, 6.45) is 9.54. The number of carbonyl (C=O) groups excluding carboxylic acids is 3. The highest BCUT2D eigenvalue weighted by molar-refractivity contribution is 6.01. The maximum absolute atomic E-state index is 14.4. The van der Waals surface area contributed by atoms with Crippen molar-refractivity contribution < 1.29 is 19.1 Å². The summed E-state index contributed by atoms with van der Waals surface area (Å²) in [7, 11) is 0. The van der Waals surface area contributed by atoms with Gasteiger partial charge < -0.3 is 9.64 Å². The van der Waals surface area contributed by atoms with Gasteiger partial charge in [0.25, 0.3) is 0 Å². The fraction of sp³-hybridized carbons (Fsp3) is 0.829. The van der Waals surface area contributed by atoms with E-state index in [4.69, 9.17) is 4.74 Å². The normalized spacial score (nSPS) is 44.3. The maximum Gasteiger partial charge on any atom is 0.229 e. The molecule has 0 radical (unpaired) electrons. The van der Waals surface area contributed by atoms with Crippen molar-refractivity contribution in [2.24, 2.45) is 50.7 Å². The molecule has 6 heteroatoms. The first-order chi connectivity index (χ1) is 19.1. The largest absolute Gasteiger partial charge is 0.378 e. The number of hydrogen-bond acceptors (Lipinski definition) is 5. The van der Waals surface area contributed by atoms with E-state index in [9.17, 15) is 19.6 Å². The number of nitriles is 1. The zero-order valence-electron chi connectivity index (χ0n) is 26.6. The van der Waals surface area contributed by atoms with Crippen LogP contribution in [0.4, 0.5) is 0 Å². The third-order valence-corrected chi connectivity index (χ3v) is 13.4. The van der Waals surface area contributed by atoms with Crippen molar-refractivity contribution in [2.75, 3.05) is 26.3 Å². The molecule has 0 N–H and O–H groups in total. The van der Waals surface area contributed by atoms with E-state index in [-0.39, 0.29) is 56.7 Å². The molecule has 0 spiro atoms. The number of rotatable bonds is 4. The molecule has 1 amide bonds. The lowest BCUT2D eigenvalue weighted by Gasteiger charge is -2.65. The van der Waals surface area contributed by atoms with Crippen molar-refractivity contribution in [3.63, 3.8) is 0 Å². The van der Waals surface area contributed by atoms with E-state index in [0.717, 1.165) is 44.9 Å². The van der Waals surface area contributed by atoms with Gasteiger partial charge in [0.1, 0.15) is 11.9 Å². The molecule has 0 aromatic rings. The topological polar surface area (TPSA) is 87.5 Å². The smallest absolute Gasteiger partial charge is 0.229 e. The van der Waals surface area contributed by atoms with Crippen LogP contribution >= 0.6 is 0 Å². The molecule has 0 aromatic carbocycles. The van der Waals surface area contributed by atoms with E-state index in [1.807, 2.05) is 13.0 Å². The number of allylic oxidation sites excluding steroid dienone is 2. The van der Waals surface area contributed by atoms with Crippen LogP contribution in [0.5, 0.6) is 0 Å². The Morgan fingerprint density at radius 3 is 2.37 bits per heavy atom. The fourth-order valence-corrected chi connectivity index (χ4v) is 10.6. The second kappa shape index (κ2) is 10.3. The van der Waals surface area contributed by atoms with E-state index in [1.54, 1.807) is 0 Å². The summed E-state index contributed by atoms with van der Waals surface area (Å²) < 4.78 is 5.59. The second-order valence-electron chi connectivity index (χ2n) is 16.1. The van der Waals surface area contributed by atoms with E-state index >= 15 is 0 Å². The lowest BCUT2D eigenvalue weighted by atomic mass is 9.38. The molecule has 5 rings (SSSR count). The lowest BCUT2D eigenvalue weighted by molar-refractivity contribution is -0.171. The number of morpholine rings is 1. The van der Waals surface area contributed by atoms with Crippen molar-refractivity contribution in [3.05, 3.63) is 11.6 Å². The standard InChI is InChI=1S/C35H52N2O4/c1-23-19-31(3,4)10-12-35(23,30(40)37-14-16-41-17-15-37)13-11-32(5)21-26(38)18-28-33(6)20-25(22-36)29(39)24(2)27(33)8-9-34(28,32)7/h20,23-24,27-28H,8-19,21H2,1-7H3/t23?,24-,27-,28+,32+,33-,34+,35-/m0/s1. The van der Waals surface area contributed by atoms with E-state index in [2.05, 4.69) is 52.5 Å². The molecule has 226 valence electrons. The number of ketones is 2. The van der Waals surface area contributed by atoms with Gasteiger partial charge in [0.15, 0.2) is 5.78 Å².